The normalized spacial score (nSPS) is 17.0. The van der Waals surface area contributed by atoms with Crippen LogP contribution in [0.15, 0.2) is 45.8 Å². The first kappa shape index (κ1) is 26.1. The summed E-state index contributed by atoms with van der Waals surface area (Å²) in [6, 6.07) is 11.4. The number of carbonyl (C=O) groups excluding carboxylic acids is 1. The highest BCUT2D eigenvalue weighted by Gasteiger charge is 2.37. The zero-order valence-corrected chi connectivity index (χ0v) is 22.4. The molecule has 0 bridgehead atoms. The molecule has 1 saturated heterocycles. The molecule has 2 heterocycles. The SMILES string of the molecule is Cc1ccc(C)c(C=Cc2onc(C)c2S(=O)(=O)N2CCCC(C(=O)Nc3ccc(C)c(Cl)c3)C2)c1. The minimum Gasteiger partial charge on any atom is -0.355 e. The van der Waals surface area contributed by atoms with Crippen molar-refractivity contribution in [2.75, 3.05) is 18.4 Å². The van der Waals surface area contributed by atoms with Gasteiger partial charge in [0, 0.05) is 23.8 Å². The summed E-state index contributed by atoms with van der Waals surface area (Å²) < 4.78 is 34.1. The van der Waals surface area contributed by atoms with E-state index in [1.165, 1.54) is 4.31 Å². The van der Waals surface area contributed by atoms with Crippen LogP contribution in [0, 0.1) is 33.6 Å². The number of aromatic nitrogens is 1. The predicted octanol–water partition coefficient (Wildman–Crippen LogP) is 5.77. The monoisotopic (exact) mass is 527 g/mol. The number of aryl methyl sites for hydroxylation is 4. The van der Waals surface area contributed by atoms with Crippen LogP contribution >= 0.6 is 11.6 Å². The number of carbonyl (C=O) groups is 1. The highest BCUT2D eigenvalue weighted by atomic mass is 35.5. The molecule has 9 heteroatoms. The molecule has 4 rings (SSSR count). The molecule has 7 nitrogen and oxygen atoms in total. The number of benzene rings is 2. The van der Waals surface area contributed by atoms with E-state index in [1.54, 1.807) is 25.1 Å². The maximum Gasteiger partial charge on any atom is 0.248 e. The lowest BCUT2D eigenvalue weighted by molar-refractivity contribution is -0.120. The fourth-order valence-electron chi connectivity index (χ4n) is 4.32. The Morgan fingerprint density at radius 1 is 1.11 bits per heavy atom. The second kappa shape index (κ2) is 10.6. The van der Waals surface area contributed by atoms with Crippen molar-refractivity contribution >= 4 is 45.4 Å². The van der Waals surface area contributed by atoms with Crippen LogP contribution in [0.3, 0.4) is 0 Å². The Kier molecular flexibility index (Phi) is 7.68. The fraction of sp³-hybridized carbons (Fsp3) is 0.333. The van der Waals surface area contributed by atoms with Crippen molar-refractivity contribution in [3.8, 4) is 0 Å². The molecule has 1 aliphatic heterocycles. The van der Waals surface area contributed by atoms with Gasteiger partial charge in [-0.05, 0) is 75.4 Å². The quantitative estimate of drug-likeness (QED) is 0.439. The van der Waals surface area contributed by atoms with E-state index >= 15 is 0 Å². The van der Waals surface area contributed by atoms with E-state index in [4.69, 9.17) is 16.1 Å². The summed E-state index contributed by atoms with van der Waals surface area (Å²) in [7, 11) is -3.93. The summed E-state index contributed by atoms with van der Waals surface area (Å²) in [5.74, 6) is -0.538. The number of halogens is 1. The highest BCUT2D eigenvalue weighted by Crippen LogP contribution is 2.30. The largest absolute Gasteiger partial charge is 0.355 e. The standard InChI is InChI=1S/C27H30ClN3O4S/c1-17-7-8-18(2)21(14-17)10-12-25-26(20(4)30-35-25)36(33,34)31-13-5-6-22(16-31)27(32)29-23-11-9-19(3)24(28)15-23/h7-12,14-15,22H,5-6,13,16H2,1-4H3,(H,29,32). The molecule has 1 aliphatic rings. The van der Waals surface area contributed by atoms with Gasteiger partial charge in [0.2, 0.25) is 15.9 Å². The Bertz CT molecular complexity index is 1430. The Hall–Kier alpha value is -2.94. The summed E-state index contributed by atoms with van der Waals surface area (Å²) in [4.78, 5) is 13.0. The van der Waals surface area contributed by atoms with Gasteiger partial charge in [0.05, 0.1) is 5.92 Å². The van der Waals surface area contributed by atoms with E-state index in [0.29, 0.717) is 30.1 Å². The number of rotatable bonds is 6. The number of hydrogen-bond acceptors (Lipinski definition) is 5. The number of nitrogens with zero attached hydrogens (tertiary/aromatic N) is 2. The van der Waals surface area contributed by atoms with E-state index in [9.17, 15) is 13.2 Å². The number of amides is 1. The van der Waals surface area contributed by atoms with Crippen molar-refractivity contribution in [1.82, 2.24) is 9.46 Å². The van der Waals surface area contributed by atoms with Crippen LogP contribution in [0.1, 0.15) is 46.5 Å². The first-order chi connectivity index (χ1) is 17.1. The van der Waals surface area contributed by atoms with Crippen LogP contribution in [0.25, 0.3) is 12.2 Å². The van der Waals surface area contributed by atoms with Crippen molar-refractivity contribution in [2.24, 2.45) is 5.92 Å². The molecule has 3 aromatic rings. The molecule has 1 unspecified atom stereocenters. The van der Waals surface area contributed by atoms with Crippen LogP contribution < -0.4 is 5.32 Å². The summed E-state index contributed by atoms with van der Waals surface area (Å²) >= 11 is 6.17. The third-order valence-electron chi connectivity index (χ3n) is 6.47. The van der Waals surface area contributed by atoms with Gasteiger partial charge in [0.25, 0.3) is 0 Å². The predicted molar refractivity (Wildman–Crippen MR) is 142 cm³/mol. The molecular formula is C27H30ClN3O4S. The Morgan fingerprint density at radius 2 is 1.86 bits per heavy atom. The molecule has 36 heavy (non-hydrogen) atoms. The molecule has 1 N–H and O–H groups in total. The summed E-state index contributed by atoms with van der Waals surface area (Å²) in [5.41, 5.74) is 4.93. The molecule has 1 atom stereocenters. The summed E-state index contributed by atoms with van der Waals surface area (Å²) in [6.45, 7) is 7.90. The lowest BCUT2D eigenvalue weighted by Crippen LogP contribution is -2.43. The number of hydrogen-bond donors (Lipinski definition) is 1. The molecular weight excluding hydrogens is 498 g/mol. The molecule has 1 fully saturated rings. The van der Waals surface area contributed by atoms with E-state index in [0.717, 1.165) is 22.3 Å². The first-order valence-corrected chi connectivity index (χ1v) is 13.7. The maximum atomic E-state index is 13.7. The molecule has 0 saturated carbocycles. The Morgan fingerprint density at radius 3 is 2.61 bits per heavy atom. The van der Waals surface area contributed by atoms with Gasteiger partial charge < -0.3 is 9.84 Å². The molecule has 0 radical (unpaired) electrons. The number of nitrogens with one attached hydrogen (secondary N) is 1. The number of sulfonamides is 1. The van der Waals surface area contributed by atoms with Gasteiger partial charge in [-0.3, -0.25) is 4.79 Å². The van der Waals surface area contributed by atoms with Crippen LogP contribution in [0.2, 0.25) is 5.02 Å². The van der Waals surface area contributed by atoms with Crippen molar-refractivity contribution in [3.63, 3.8) is 0 Å². The zero-order valence-electron chi connectivity index (χ0n) is 20.8. The molecule has 2 aromatic carbocycles. The van der Waals surface area contributed by atoms with Crippen LogP contribution in [0.4, 0.5) is 5.69 Å². The molecule has 1 amide bonds. The van der Waals surface area contributed by atoms with E-state index in [-0.39, 0.29) is 28.8 Å². The lowest BCUT2D eigenvalue weighted by atomic mass is 9.98. The lowest BCUT2D eigenvalue weighted by Gasteiger charge is -2.31. The van der Waals surface area contributed by atoms with Crippen LogP contribution in [-0.2, 0) is 14.8 Å². The molecule has 0 aliphatic carbocycles. The molecule has 0 spiro atoms. The second-order valence-electron chi connectivity index (χ2n) is 9.31. The van der Waals surface area contributed by atoms with Crippen LogP contribution in [0.5, 0.6) is 0 Å². The van der Waals surface area contributed by atoms with Crippen LogP contribution in [-0.4, -0.2) is 36.9 Å². The third-order valence-corrected chi connectivity index (χ3v) is 8.91. The average Bonchev–Trinajstić information content (AvgIpc) is 3.23. The Labute approximate surface area is 217 Å². The highest BCUT2D eigenvalue weighted by molar-refractivity contribution is 7.89. The summed E-state index contributed by atoms with van der Waals surface area (Å²) in [5, 5.41) is 7.36. The van der Waals surface area contributed by atoms with Crippen molar-refractivity contribution < 1.29 is 17.7 Å². The van der Waals surface area contributed by atoms with Gasteiger partial charge in [-0.2, -0.15) is 4.31 Å². The van der Waals surface area contributed by atoms with Gasteiger partial charge in [-0.15, -0.1) is 0 Å². The first-order valence-electron chi connectivity index (χ1n) is 11.8. The van der Waals surface area contributed by atoms with Crippen molar-refractivity contribution in [3.05, 3.63) is 75.1 Å². The van der Waals surface area contributed by atoms with Gasteiger partial charge in [-0.25, -0.2) is 8.42 Å². The molecule has 1 aromatic heterocycles. The minimum atomic E-state index is -3.93. The zero-order chi connectivity index (χ0) is 26.0. The topological polar surface area (TPSA) is 92.5 Å². The smallest absolute Gasteiger partial charge is 0.248 e. The van der Waals surface area contributed by atoms with E-state index < -0.39 is 15.9 Å². The van der Waals surface area contributed by atoms with Gasteiger partial charge in [-0.1, -0.05) is 52.7 Å². The van der Waals surface area contributed by atoms with Crippen molar-refractivity contribution in [1.29, 1.82) is 0 Å². The fourth-order valence-corrected chi connectivity index (χ4v) is 6.28. The third kappa shape index (κ3) is 5.56. The minimum absolute atomic E-state index is 0.0374. The Balaban J connectivity index is 1.54. The number of piperidine rings is 1. The van der Waals surface area contributed by atoms with E-state index in [2.05, 4.69) is 10.5 Å². The average molecular weight is 528 g/mol. The van der Waals surface area contributed by atoms with Gasteiger partial charge in [0.15, 0.2) is 10.7 Å². The number of anilines is 1. The molecule has 190 valence electrons. The van der Waals surface area contributed by atoms with Gasteiger partial charge in [0.1, 0.15) is 5.69 Å². The maximum absolute atomic E-state index is 13.7. The second-order valence-corrected chi connectivity index (χ2v) is 11.6. The summed E-state index contributed by atoms with van der Waals surface area (Å²) in [6.07, 6.45) is 4.65. The van der Waals surface area contributed by atoms with Gasteiger partial charge >= 0.3 is 0 Å². The van der Waals surface area contributed by atoms with Crippen molar-refractivity contribution in [2.45, 2.75) is 45.4 Å². The van der Waals surface area contributed by atoms with E-state index in [1.807, 2.05) is 51.1 Å².